The molecule has 19 heavy (non-hydrogen) atoms. The maximum Gasteiger partial charge on any atom is 0.122 e. The van der Waals surface area contributed by atoms with Crippen LogP contribution in [-0.4, -0.2) is 16.4 Å². The highest BCUT2D eigenvalue weighted by atomic mass is 16.5. The van der Waals surface area contributed by atoms with Crippen LogP contribution in [0, 0.1) is 0 Å². The molecule has 0 spiro atoms. The van der Waals surface area contributed by atoms with Gasteiger partial charge in [-0.3, -0.25) is 4.68 Å². The summed E-state index contributed by atoms with van der Waals surface area (Å²) in [5.41, 5.74) is 8.70. The molecule has 1 aliphatic rings. The van der Waals surface area contributed by atoms with Gasteiger partial charge in [-0.2, -0.15) is 5.10 Å². The van der Waals surface area contributed by atoms with Gasteiger partial charge < -0.3 is 10.5 Å². The van der Waals surface area contributed by atoms with Crippen molar-refractivity contribution in [2.45, 2.75) is 24.8 Å². The predicted molar refractivity (Wildman–Crippen MR) is 74.0 cm³/mol. The van der Waals surface area contributed by atoms with E-state index in [9.17, 15) is 0 Å². The van der Waals surface area contributed by atoms with Crippen molar-refractivity contribution in [3.05, 3.63) is 47.8 Å². The van der Waals surface area contributed by atoms with E-state index in [-0.39, 0.29) is 6.04 Å². The maximum absolute atomic E-state index is 6.33. The second kappa shape index (κ2) is 5.05. The Hall–Kier alpha value is -1.81. The summed E-state index contributed by atoms with van der Waals surface area (Å²) < 4.78 is 7.55. The number of aryl methyl sites for hydroxylation is 1. The van der Waals surface area contributed by atoms with Crippen LogP contribution in [-0.2, 0) is 7.05 Å². The molecule has 1 aliphatic heterocycles. The molecule has 0 saturated heterocycles. The minimum absolute atomic E-state index is 0.0173. The largest absolute Gasteiger partial charge is 0.493 e. The first-order valence-electron chi connectivity index (χ1n) is 6.71. The number of para-hydroxylation sites is 1. The summed E-state index contributed by atoms with van der Waals surface area (Å²) in [6.45, 7) is 0.778. The van der Waals surface area contributed by atoms with Crippen molar-refractivity contribution < 1.29 is 4.74 Å². The van der Waals surface area contributed by atoms with E-state index in [0.29, 0.717) is 5.92 Å². The second-order valence-electron chi connectivity index (χ2n) is 5.09. The summed E-state index contributed by atoms with van der Waals surface area (Å²) in [5.74, 6) is 1.48. The fourth-order valence-corrected chi connectivity index (χ4v) is 2.84. The van der Waals surface area contributed by atoms with Crippen molar-refractivity contribution in [1.82, 2.24) is 9.78 Å². The van der Waals surface area contributed by atoms with E-state index in [1.807, 2.05) is 29.9 Å². The molecule has 4 nitrogen and oxygen atoms in total. The zero-order valence-electron chi connectivity index (χ0n) is 11.1. The van der Waals surface area contributed by atoms with Gasteiger partial charge >= 0.3 is 0 Å². The Morgan fingerprint density at radius 3 is 3.05 bits per heavy atom. The molecule has 1 aromatic heterocycles. The van der Waals surface area contributed by atoms with Crippen LogP contribution in [0.25, 0.3) is 0 Å². The number of nitrogens with two attached hydrogens (primary N) is 1. The number of ether oxygens (including phenoxy) is 1. The minimum Gasteiger partial charge on any atom is -0.493 e. The van der Waals surface area contributed by atoms with E-state index in [2.05, 4.69) is 17.2 Å². The van der Waals surface area contributed by atoms with E-state index >= 15 is 0 Å². The lowest BCUT2D eigenvalue weighted by Gasteiger charge is -2.27. The summed E-state index contributed by atoms with van der Waals surface area (Å²) in [6.07, 6.45) is 3.76. The first kappa shape index (κ1) is 12.2. The highest BCUT2D eigenvalue weighted by Gasteiger charge is 2.24. The molecule has 0 aliphatic carbocycles. The number of benzene rings is 1. The van der Waals surface area contributed by atoms with Crippen molar-refractivity contribution >= 4 is 0 Å². The lowest BCUT2D eigenvalue weighted by Crippen LogP contribution is -2.21. The Kier molecular flexibility index (Phi) is 3.25. The van der Waals surface area contributed by atoms with E-state index < -0.39 is 0 Å². The van der Waals surface area contributed by atoms with Crippen molar-refractivity contribution in [2.75, 3.05) is 6.61 Å². The molecule has 3 rings (SSSR count). The third-order valence-electron chi connectivity index (χ3n) is 3.86. The van der Waals surface area contributed by atoms with E-state index in [1.165, 1.54) is 5.56 Å². The van der Waals surface area contributed by atoms with Crippen LogP contribution < -0.4 is 10.5 Å². The molecule has 0 amide bonds. The predicted octanol–water partition coefficient (Wildman–Crippen LogP) is 2.38. The topological polar surface area (TPSA) is 53.1 Å². The van der Waals surface area contributed by atoms with Gasteiger partial charge in [-0.05, 0) is 36.5 Å². The minimum atomic E-state index is 0.0173. The van der Waals surface area contributed by atoms with Crippen LogP contribution in [0.4, 0.5) is 0 Å². The summed E-state index contributed by atoms with van der Waals surface area (Å²) in [7, 11) is 1.94. The van der Waals surface area contributed by atoms with Crippen molar-refractivity contribution in [3.8, 4) is 5.75 Å². The van der Waals surface area contributed by atoms with Crippen molar-refractivity contribution in [2.24, 2.45) is 12.8 Å². The van der Waals surface area contributed by atoms with Gasteiger partial charge in [-0.1, -0.05) is 18.2 Å². The maximum atomic E-state index is 6.33. The van der Waals surface area contributed by atoms with E-state index in [4.69, 9.17) is 10.5 Å². The van der Waals surface area contributed by atoms with E-state index in [1.54, 1.807) is 6.20 Å². The van der Waals surface area contributed by atoms with Crippen LogP contribution in [0.1, 0.15) is 36.1 Å². The molecule has 2 aromatic rings. The first-order valence-corrected chi connectivity index (χ1v) is 6.71. The van der Waals surface area contributed by atoms with Crippen molar-refractivity contribution in [1.29, 1.82) is 0 Å². The molecule has 2 N–H and O–H groups in total. The molecule has 0 radical (unpaired) electrons. The Labute approximate surface area is 113 Å². The molecule has 0 fully saturated rings. The highest BCUT2D eigenvalue weighted by molar-refractivity contribution is 5.38. The van der Waals surface area contributed by atoms with Crippen LogP contribution in [0.2, 0.25) is 0 Å². The smallest absolute Gasteiger partial charge is 0.122 e. The molecule has 4 heteroatoms. The van der Waals surface area contributed by atoms with Gasteiger partial charge in [0.1, 0.15) is 5.75 Å². The molecular weight excluding hydrogens is 238 g/mol. The third-order valence-corrected chi connectivity index (χ3v) is 3.86. The molecule has 2 heterocycles. The monoisotopic (exact) mass is 257 g/mol. The first-order chi connectivity index (χ1) is 9.25. The van der Waals surface area contributed by atoms with Crippen LogP contribution in [0.3, 0.4) is 0 Å². The fourth-order valence-electron chi connectivity index (χ4n) is 2.84. The zero-order valence-corrected chi connectivity index (χ0v) is 11.1. The molecule has 1 aromatic carbocycles. The fraction of sp³-hybridized carbons (Fsp3) is 0.400. The molecule has 2 atom stereocenters. The van der Waals surface area contributed by atoms with Crippen LogP contribution >= 0.6 is 0 Å². The molecular formula is C15H19N3O. The summed E-state index contributed by atoms with van der Waals surface area (Å²) in [4.78, 5) is 0. The highest BCUT2D eigenvalue weighted by Crippen LogP contribution is 2.38. The van der Waals surface area contributed by atoms with Crippen LogP contribution in [0.15, 0.2) is 36.5 Å². The Balaban J connectivity index is 1.80. The number of hydrogen-bond donors (Lipinski definition) is 1. The standard InChI is InChI=1S/C15H19N3O/c1-18-14(6-8-17-18)13(16)10-11-7-9-19-15-5-3-2-4-12(11)15/h2-6,8,11,13H,7,9-10,16H2,1H3. The van der Waals surface area contributed by atoms with Gasteiger partial charge in [0, 0.05) is 19.3 Å². The number of rotatable bonds is 3. The average molecular weight is 257 g/mol. The Morgan fingerprint density at radius 1 is 1.42 bits per heavy atom. The summed E-state index contributed by atoms with van der Waals surface area (Å²) in [5, 5.41) is 4.19. The van der Waals surface area contributed by atoms with Gasteiger partial charge in [0.15, 0.2) is 0 Å². The van der Waals surface area contributed by atoms with Gasteiger partial charge in [-0.15, -0.1) is 0 Å². The molecule has 0 bridgehead atoms. The number of nitrogens with zero attached hydrogens (tertiary/aromatic N) is 2. The van der Waals surface area contributed by atoms with Gasteiger partial charge in [0.05, 0.1) is 12.3 Å². The van der Waals surface area contributed by atoms with Gasteiger partial charge in [0.25, 0.3) is 0 Å². The quantitative estimate of drug-likeness (QED) is 0.918. The SMILES string of the molecule is Cn1nccc1C(N)CC1CCOc2ccccc21. The zero-order chi connectivity index (χ0) is 13.2. The van der Waals surface area contributed by atoms with Gasteiger partial charge in [0.2, 0.25) is 0 Å². The van der Waals surface area contributed by atoms with E-state index in [0.717, 1.165) is 30.9 Å². The lowest BCUT2D eigenvalue weighted by atomic mass is 9.87. The van der Waals surface area contributed by atoms with Gasteiger partial charge in [-0.25, -0.2) is 0 Å². The summed E-state index contributed by atoms with van der Waals surface area (Å²) >= 11 is 0. The number of fused-ring (bicyclic) bond motifs is 1. The molecule has 2 unspecified atom stereocenters. The second-order valence-corrected chi connectivity index (χ2v) is 5.09. The molecule has 100 valence electrons. The number of aromatic nitrogens is 2. The Morgan fingerprint density at radius 2 is 2.26 bits per heavy atom. The normalized spacial score (nSPS) is 19.6. The lowest BCUT2D eigenvalue weighted by molar-refractivity contribution is 0.258. The number of hydrogen-bond acceptors (Lipinski definition) is 3. The molecule has 0 saturated carbocycles. The Bertz CT molecular complexity index is 564. The summed E-state index contributed by atoms with van der Waals surface area (Å²) in [6, 6.07) is 10.3. The van der Waals surface area contributed by atoms with Crippen molar-refractivity contribution in [3.63, 3.8) is 0 Å². The third kappa shape index (κ3) is 2.36. The van der Waals surface area contributed by atoms with Crippen LogP contribution in [0.5, 0.6) is 5.75 Å². The average Bonchev–Trinajstić information content (AvgIpc) is 2.85.